The Morgan fingerprint density at radius 2 is 1.96 bits per heavy atom. The molecule has 7 heteroatoms. The summed E-state index contributed by atoms with van der Waals surface area (Å²) in [5, 5.41) is 2.73. The van der Waals surface area contributed by atoms with Crippen LogP contribution in [0, 0.1) is 0 Å². The zero-order valence-electron chi connectivity index (χ0n) is 16.2. The van der Waals surface area contributed by atoms with Crippen LogP contribution in [0.15, 0.2) is 23.2 Å². The highest BCUT2D eigenvalue weighted by Crippen LogP contribution is 2.28. The maximum Gasteiger partial charge on any atom is 0.246 e. The molecule has 28 heavy (non-hydrogen) atoms. The van der Waals surface area contributed by atoms with Crippen molar-refractivity contribution in [3.05, 3.63) is 29.3 Å². The molecule has 1 saturated heterocycles. The van der Waals surface area contributed by atoms with Crippen LogP contribution in [-0.4, -0.2) is 53.0 Å². The average molecular weight is 382 g/mol. The van der Waals surface area contributed by atoms with Gasteiger partial charge in [0.1, 0.15) is 6.54 Å². The molecule has 0 radical (unpaired) electrons. The maximum absolute atomic E-state index is 12.6. The molecule has 0 aromatic heterocycles. The van der Waals surface area contributed by atoms with Gasteiger partial charge in [0.25, 0.3) is 0 Å². The van der Waals surface area contributed by atoms with Crippen LogP contribution in [0.3, 0.4) is 0 Å². The number of benzene rings is 1. The number of fused-ring (bicyclic) bond motifs is 2. The molecule has 2 aliphatic heterocycles. The van der Waals surface area contributed by atoms with E-state index in [4.69, 9.17) is 0 Å². The Bertz CT molecular complexity index is 842. The summed E-state index contributed by atoms with van der Waals surface area (Å²) in [6.07, 6.45) is 6.21. The molecule has 2 amide bonds. The highest BCUT2D eigenvalue weighted by molar-refractivity contribution is 6.06. The molecule has 1 aliphatic carbocycles. The Kier molecular flexibility index (Phi) is 5.15. The molecule has 1 N–H and O–H groups in total. The Morgan fingerprint density at radius 3 is 2.75 bits per heavy atom. The minimum atomic E-state index is -0.0662. The van der Waals surface area contributed by atoms with Crippen LogP contribution in [0.2, 0.25) is 0 Å². The first kappa shape index (κ1) is 18.7. The Balaban J connectivity index is 1.36. The van der Waals surface area contributed by atoms with Crippen molar-refractivity contribution < 1.29 is 14.4 Å². The van der Waals surface area contributed by atoms with Crippen LogP contribution in [0.25, 0.3) is 0 Å². The number of Topliss-reactive ketones (excluding diaryl/α,β-unsaturated/α-hetero) is 1. The Hall–Kier alpha value is -2.70. The van der Waals surface area contributed by atoms with Crippen LogP contribution in [0.4, 0.5) is 5.69 Å². The molecule has 2 fully saturated rings. The van der Waals surface area contributed by atoms with E-state index in [1.54, 1.807) is 6.07 Å². The third-order valence-electron chi connectivity index (χ3n) is 5.96. The molecule has 2 heterocycles. The molecule has 0 unspecified atom stereocenters. The van der Waals surface area contributed by atoms with Gasteiger partial charge in [0, 0.05) is 38.0 Å². The van der Waals surface area contributed by atoms with E-state index in [0.29, 0.717) is 30.7 Å². The van der Waals surface area contributed by atoms with Crippen LogP contribution < -0.4 is 5.32 Å². The van der Waals surface area contributed by atoms with Crippen molar-refractivity contribution in [2.45, 2.75) is 57.5 Å². The van der Waals surface area contributed by atoms with E-state index >= 15 is 0 Å². The maximum atomic E-state index is 12.6. The lowest BCUT2D eigenvalue weighted by atomic mass is 9.94. The second-order valence-electron chi connectivity index (χ2n) is 7.90. The normalized spacial score (nSPS) is 18.8. The number of guanidine groups is 1. The summed E-state index contributed by atoms with van der Waals surface area (Å²) in [5.41, 5.74) is 2.30. The molecular formula is C21H26N4O3. The van der Waals surface area contributed by atoms with Crippen LogP contribution in [0.5, 0.6) is 0 Å². The summed E-state index contributed by atoms with van der Waals surface area (Å²) in [4.78, 5) is 44.8. The number of hydrogen-bond donors (Lipinski definition) is 1. The summed E-state index contributed by atoms with van der Waals surface area (Å²) in [6, 6.07) is 5.74. The number of ketones is 1. The molecule has 0 atom stereocenters. The summed E-state index contributed by atoms with van der Waals surface area (Å²) in [5.74, 6) is 0.532. The van der Waals surface area contributed by atoms with Crippen LogP contribution >= 0.6 is 0 Å². The van der Waals surface area contributed by atoms with E-state index in [1.165, 1.54) is 19.3 Å². The second-order valence-corrected chi connectivity index (χ2v) is 7.90. The molecule has 7 nitrogen and oxygen atoms in total. The third-order valence-corrected chi connectivity index (χ3v) is 5.96. The molecule has 1 aromatic carbocycles. The van der Waals surface area contributed by atoms with Gasteiger partial charge in [0.05, 0.1) is 5.69 Å². The van der Waals surface area contributed by atoms with Crippen molar-refractivity contribution in [2.24, 2.45) is 4.99 Å². The van der Waals surface area contributed by atoms with Gasteiger partial charge in [-0.2, -0.15) is 0 Å². The van der Waals surface area contributed by atoms with Crippen LogP contribution in [0.1, 0.15) is 60.9 Å². The van der Waals surface area contributed by atoms with Crippen LogP contribution in [-0.2, 0) is 16.1 Å². The summed E-state index contributed by atoms with van der Waals surface area (Å²) in [6.45, 7) is 0.843. The summed E-state index contributed by atoms with van der Waals surface area (Å²) >= 11 is 0. The highest BCUT2D eigenvalue weighted by Gasteiger charge is 2.29. The van der Waals surface area contributed by atoms with E-state index in [2.05, 4.69) is 10.3 Å². The minimum absolute atomic E-state index is 0.0291. The van der Waals surface area contributed by atoms with E-state index < -0.39 is 0 Å². The van der Waals surface area contributed by atoms with Gasteiger partial charge in [-0.3, -0.25) is 19.7 Å². The molecule has 0 bridgehead atoms. The Labute approximate surface area is 164 Å². The van der Waals surface area contributed by atoms with Crippen molar-refractivity contribution in [3.63, 3.8) is 0 Å². The fraction of sp³-hybridized carbons (Fsp3) is 0.524. The predicted molar refractivity (Wildman–Crippen MR) is 105 cm³/mol. The van der Waals surface area contributed by atoms with Gasteiger partial charge in [-0.05, 0) is 36.6 Å². The van der Waals surface area contributed by atoms with Crippen molar-refractivity contribution in [1.82, 2.24) is 15.1 Å². The first-order valence-electron chi connectivity index (χ1n) is 10.1. The molecular weight excluding hydrogens is 356 g/mol. The predicted octanol–water partition coefficient (Wildman–Crippen LogP) is 2.37. The van der Waals surface area contributed by atoms with Gasteiger partial charge >= 0.3 is 0 Å². The van der Waals surface area contributed by atoms with E-state index in [-0.39, 0.29) is 30.4 Å². The summed E-state index contributed by atoms with van der Waals surface area (Å²) in [7, 11) is 1.86. The second kappa shape index (κ2) is 7.73. The van der Waals surface area contributed by atoms with Crippen molar-refractivity contribution in [3.8, 4) is 0 Å². The van der Waals surface area contributed by atoms with Crippen molar-refractivity contribution in [1.29, 1.82) is 0 Å². The smallest absolute Gasteiger partial charge is 0.246 e. The first-order valence-corrected chi connectivity index (χ1v) is 10.1. The molecule has 0 spiro atoms. The van der Waals surface area contributed by atoms with E-state index in [9.17, 15) is 14.4 Å². The summed E-state index contributed by atoms with van der Waals surface area (Å²) < 4.78 is 0. The van der Waals surface area contributed by atoms with Crippen molar-refractivity contribution in [2.75, 3.05) is 13.6 Å². The monoisotopic (exact) mass is 382 g/mol. The molecule has 1 aromatic rings. The minimum Gasteiger partial charge on any atom is -0.343 e. The Morgan fingerprint density at radius 1 is 1.18 bits per heavy atom. The number of rotatable bonds is 5. The SMILES string of the molecule is CN(C(=O)CCC(=O)c1ccc2c(c1)CN1CC(=O)NC1=N2)C1CCCCC1. The number of carbonyl (C=O) groups is 3. The standard InChI is InChI=1S/C21H26N4O3/c1-24(16-5-3-2-4-6-16)20(28)10-9-18(26)14-7-8-17-15(11-14)12-25-13-19(27)23-21(25)22-17/h7-8,11,16H,2-6,9-10,12-13H2,1H3,(H,22,23,27). The third kappa shape index (κ3) is 3.79. The first-order chi connectivity index (χ1) is 13.5. The molecule has 4 rings (SSSR count). The lowest BCUT2D eigenvalue weighted by Crippen LogP contribution is -2.38. The molecule has 3 aliphatic rings. The number of nitrogens with zero attached hydrogens (tertiary/aromatic N) is 3. The van der Waals surface area contributed by atoms with Gasteiger partial charge < -0.3 is 9.80 Å². The highest BCUT2D eigenvalue weighted by atomic mass is 16.2. The van der Waals surface area contributed by atoms with E-state index in [0.717, 1.165) is 24.1 Å². The van der Waals surface area contributed by atoms with E-state index in [1.807, 2.05) is 29.0 Å². The largest absolute Gasteiger partial charge is 0.343 e. The van der Waals surface area contributed by atoms with Gasteiger partial charge in [-0.25, -0.2) is 4.99 Å². The van der Waals surface area contributed by atoms with Gasteiger partial charge in [0.15, 0.2) is 5.78 Å². The average Bonchev–Trinajstić information content (AvgIpc) is 3.08. The fourth-order valence-corrected chi connectivity index (χ4v) is 4.25. The number of carbonyl (C=O) groups excluding carboxylic acids is 3. The molecule has 148 valence electrons. The topological polar surface area (TPSA) is 82.1 Å². The van der Waals surface area contributed by atoms with Gasteiger partial charge in [0.2, 0.25) is 17.8 Å². The molecule has 1 saturated carbocycles. The number of amides is 2. The lowest BCUT2D eigenvalue weighted by molar-refractivity contribution is -0.132. The zero-order chi connectivity index (χ0) is 19.7. The number of hydrogen-bond acceptors (Lipinski definition) is 5. The lowest BCUT2D eigenvalue weighted by Gasteiger charge is -2.31. The van der Waals surface area contributed by atoms with Gasteiger partial charge in [-0.1, -0.05) is 19.3 Å². The van der Waals surface area contributed by atoms with Gasteiger partial charge in [-0.15, -0.1) is 0 Å². The fourth-order valence-electron chi connectivity index (χ4n) is 4.25. The van der Waals surface area contributed by atoms with Crippen molar-refractivity contribution >= 4 is 29.2 Å². The number of nitrogens with one attached hydrogen (secondary N) is 1. The quantitative estimate of drug-likeness (QED) is 0.793. The number of aliphatic imine (C=N–C) groups is 1. The zero-order valence-corrected chi connectivity index (χ0v) is 16.2.